The van der Waals surface area contributed by atoms with Crippen molar-refractivity contribution in [3.8, 4) is 0 Å². The quantitative estimate of drug-likeness (QED) is 0.0279. The number of carbonyl (C=O) groups excluding carboxylic acids is 8. The molecule has 16 unspecified atom stereocenters. The molecule has 20 heteroatoms. The van der Waals surface area contributed by atoms with Crippen LogP contribution in [0.3, 0.4) is 0 Å². The lowest BCUT2D eigenvalue weighted by atomic mass is 9.43. The van der Waals surface area contributed by atoms with Crippen molar-refractivity contribution in [2.24, 2.45) is 99.6 Å². The molecule has 124 heavy (non-hydrogen) atoms. The first-order valence-electron chi connectivity index (χ1n) is 50.1. The first kappa shape index (κ1) is 121. The molecule has 0 heterocycles. The summed E-state index contributed by atoms with van der Waals surface area (Å²) in [6.45, 7) is 85.3. The lowest BCUT2D eigenvalue weighted by Crippen LogP contribution is -2.63. The van der Waals surface area contributed by atoms with Gasteiger partial charge < -0.3 is 60.9 Å². The smallest absolute Gasteiger partial charge is 0.220 e. The van der Waals surface area contributed by atoms with Crippen LogP contribution >= 0.6 is 0 Å². The maximum atomic E-state index is 12.8. The Labute approximate surface area is 762 Å². The Kier molecular flexibility index (Phi) is 59.6. The molecular formula is C104H201N7O13. The van der Waals surface area contributed by atoms with Crippen molar-refractivity contribution in [2.75, 3.05) is 26.3 Å². The predicted molar refractivity (Wildman–Crippen MR) is 517 cm³/mol. The molecule has 20 nitrogen and oxygen atoms in total. The molecule has 0 aromatic heterocycles. The Hall–Kier alpha value is -3.44. The van der Waals surface area contributed by atoms with Gasteiger partial charge in [-0.15, -0.1) is 0 Å². The Balaban J connectivity index is 0.00000164. The van der Waals surface area contributed by atoms with Crippen molar-refractivity contribution in [1.29, 1.82) is 0 Å². The minimum atomic E-state index is -0.859. The second-order valence-electron chi connectivity index (χ2n) is 43.8. The molecule has 0 radical (unpaired) electrons. The molecule has 0 spiro atoms. The van der Waals surface area contributed by atoms with E-state index >= 15 is 0 Å². The average molecular weight is 1760 g/mol. The van der Waals surface area contributed by atoms with E-state index in [0.29, 0.717) is 114 Å². The summed E-state index contributed by atoms with van der Waals surface area (Å²) < 4.78 is 32.1. The zero-order chi connectivity index (χ0) is 95.7. The summed E-state index contributed by atoms with van der Waals surface area (Å²) in [6.07, 6.45) is 17.2. The summed E-state index contributed by atoms with van der Waals surface area (Å²) >= 11 is 0. The minimum absolute atomic E-state index is 0.0176. The Bertz CT molecular complexity index is 2910. The minimum Gasteiger partial charge on any atom is -0.379 e. The third-order valence-electron chi connectivity index (χ3n) is 25.8. The van der Waals surface area contributed by atoms with Crippen LogP contribution in [0.15, 0.2) is 0 Å². The summed E-state index contributed by atoms with van der Waals surface area (Å²) in [5.41, 5.74) is 0.521. The van der Waals surface area contributed by atoms with Crippen LogP contribution in [0.2, 0.25) is 0 Å². The fraction of sp³-hybridized carbons (Fsp3) is 0.923. The van der Waals surface area contributed by atoms with Gasteiger partial charge in [0, 0.05) is 104 Å². The number of ether oxygens (including phenoxy) is 5. The van der Waals surface area contributed by atoms with Gasteiger partial charge in [0.1, 0.15) is 5.78 Å². The monoisotopic (exact) mass is 1760 g/mol. The van der Waals surface area contributed by atoms with Crippen molar-refractivity contribution in [3.63, 3.8) is 0 Å². The predicted octanol–water partition coefficient (Wildman–Crippen LogP) is 20.3. The Morgan fingerprint density at radius 2 is 0.766 bits per heavy atom. The number of carbonyl (C=O) groups is 8. The van der Waals surface area contributed by atoms with Gasteiger partial charge in [-0.05, 0) is 237 Å². The Morgan fingerprint density at radius 3 is 1.13 bits per heavy atom. The lowest BCUT2D eigenvalue weighted by Gasteiger charge is -2.65. The van der Waals surface area contributed by atoms with Crippen LogP contribution in [0.25, 0.3) is 0 Å². The van der Waals surface area contributed by atoms with Gasteiger partial charge in [0.15, 0.2) is 28.9 Å². The van der Waals surface area contributed by atoms with Crippen LogP contribution in [0.4, 0.5) is 0 Å². The summed E-state index contributed by atoms with van der Waals surface area (Å²) in [5, 5.41) is 22.2. The molecule has 4 saturated carbocycles. The molecule has 4 aliphatic rings. The topological polar surface area (TPSA) is 267 Å². The number of amides is 2. The second-order valence-corrected chi connectivity index (χ2v) is 43.8. The summed E-state index contributed by atoms with van der Waals surface area (Å²) in [4.78, 5) is 99.7. The van der Waals surface area contributed by atoms with E-state index < -0.39 is 24.0 Å². The molecule has 0 aliphatic heterocycles. The van der Waals surface area contributed by atoms with E-state index in [2.05, 4.69) is 210 Å². The zero-order valence-electron chi connectivity index (χ0n) is 87.4. The van der Waals surface area contributed by atoms with E-state index in [9.17, 15) is 38.4 Å². The number of hydrogen-bond donors (Lipinski definition) is 7. The number of ketones is 6. The summed E-state index contributed by atoms with van der Waals surface area (Å²) in [7, 11) is 0. The SMILES string of the molecule is CC(C)CC(COC(C)C)C(C)C.CC(C)NC(CCC(=O)NC(CCC(=O)NC(CCC(=O)C(C)C)C(=O)C(C)C)C(=O)C(C)C)C(=O)C(C)C.CC(C)NCCCC(NC(C)C)C(=O)C(C)C.CC(C)NCCCC(NC(C)C)C(=O)C(C)C.CC(C)OC[C@@H](C)C1CCC2C3C(OC(C)C)CC4CC(OC(C)C)CCC4(C)C3CC(OC(C)C)C21C. The molecule has 0 saturated heterocycles. The standard InChI is InChI=1S/C34H62O4.C30H53N3O6.2C14H30N2O.C12H26O/c1-20(2)35-19-24(9)27-12-13-28-32-29(18-31(34(27,28)11)38-23(7)8)33(10)15-14-26(36-21(3)4)16-25(33)17-30(32)37-22(5)6;1-17(2)25(34)14-11-23(29(38)19(5)6)32-27(36)16-13-24(30(39)20(7)8)33-26(35)15-12-22(31-21(9)10)28(37)18(3)4;2*1-10(2)14(17)13(16-12(5)6)8-7-9-15-11(3)4;1-9(2)7-12(10(3)4)8-13-11(5)6/h20-32H,12-19H2,1-11H3;17-24,31H,11-16H2,1-10H3,(H,32,36)(H,33,35);2*10-13,15-16H,7-9H2,1-6H3;9-12H,7-8H2,1-6H3/t24-,25?,26?,27?,28?,29?,30?,31?,32?,33?,34?;;;;/m1..../s1. The van der Waals surface area contributed by atoms with E-state index in [1.807, 2.05) is 55.4 Å². The molecular weight excluding hydrogens is 1560 g/mol. The number of nitrogens with one attached hydrogen (secondary N) is 7. The Morgan fingerprint density at radius 1 is 0.379 bits per heavy atom. The zero-order valence-corrected chi connectivity index (χ0v) is 87.4. The van der Waals surface area contributed by atoms with E-state index in [1.54, 1.807) is 41.5 Å². The first-order valence-corrected chi connectivity index (χ1v) is 50.1. The lowest BCUT2D eigenvalue weighted by molar-refractivity contribution is -0.238. The van der Waals surface area contributed by atoms with Crippen LogP contribution < -0.4 is 37.2 Å². The molecule has 4 aliphatic carbocycles. The maximum Gasteiger partial charge on any atom is 0.220 e. The van der Waals surface area contributed by atoms with Gasteiger partial charge in [-0.3, -0.25) is 38.4 Å². The number of hydrogen-bond acceptors (Lipinski definition) is 18. The maximum absolute atomic E-state index is 12.8. The van der Waals surface area contributed by atoms with Crippen molar-refractivity contribution in [3.05, 3.63) is 0 Å². The molecule has 17 atom stereocenters. The van der Waals surface area contributed by atoms with Crippen LogP contribution in [-0.4, -0.2) is 182 Å². The van der Waals surface area contributed by atoms with Crippen LogP contribution in [0.1, 0.15) is 386 Å². The fourth-order valence-corrected chi connectivity index (χ4v) is 19.3. The molecule has 0 bridgehead atoms. The van der Waals surface area contributed by atoms with Gasteiger partial charge in [-0.25, -0.2) is 0 Å². The molecule has 730 valence electrons. The molecule has 4 rings (SSSR count). The largest absolute Gasteiger partial charge is 0.379 e. The van der Waals surface area contributed by atoms with E-state index in [-0.39, 0.29) is 139 Å². The van der Waals surface area contributed by atoms with Crippen molar-refractivity contribution < 1.29 is 62.0 Å². The van der Waals surface area contributed by atoms with Gasteiger partial charge >= 0.3 is 0 Å². The van der Waals surface area contributed by atoms with Gasteiger partial charge in [-0.1, -0.05) is 201 Å². The van der Waals surface area contributed by atoms with E-state index in [0.717, 1.165) is 69.7 Å². The first-order chi connectivity index (χ1) is 57.3. The molecule has 4 fully saturated rings. The number of Topliss-reactive ketones (excluding diaryl/α,β-unsaturated/α-hetero) is 6. The highest BCUT2D eigenvalue weighted by Crippen LogP contribution is 2.69. The highest BCUT2D eigenvalue weighted by Gasteiger charge is 2.67. The average Bonchev–Trinajstić information content (AvgIpc) is 1.34. The fourth-order valence-electron chi connectivity index (χ4n) is 19.3. The van der Waals surface area contributed by atoms with Crippen molar-refractivity contribution in [2.45, 2.75) is 495 Å². The van der Waals surface area contributed by atoms with E-state index in [4.69, 9.17) is 23.7 Å². The molecule has 0 aromatic rings. The highest BCUT2D eigenvalue weighted by molar-refractivity contribution is 5.93. The molecule has 2 amide bonds. The van der Waals surface area contributed by atoms with Crippen molar-refractivity contribution in [1.82, 2.24) is 37.2 Å². The number of fused-ring (bicyclic) bond motifs is 5. The van der Waals surface area contributed by atoms with Crippen molar-refractivity contribution >= 4 is 46.5 Å². The van der Waals surface area contributed by atoms with Crippen LogP contribution in [-0.2, 0) is 62.0 Å². The third kappa shape index (κ3) is 46.1. The van der Waals surface area contributed by atoms with E-state index in [1.165, 1.54) is 51.4 Å². The summed E-state index contributed by atoms with van der Waals surface area (Å²) in [6, 6.07) is -0.225. The van der Waals surface area contributed by atoms with Gasteiger partial charge in [0.05, 0.1) is 79.0 Å². The van der Waals surface area contributed by atoms with Gasteiger partial charge in [0.25, 0.3) is 0 Å². The highest BCUT2D eigenvalue weighted by atomic mass is 16.5. The third-order valence-corrected chi connectivity index (χ3v) is 25.8. The van der Waals surface area contributed by atoms with Crippen LogP contribution in [0, 0.1) is 99.6 Å². The molecule has 0 aromatic carbocycles. The van der Waals surface area contributed by atoms with Gasteiger partial charge in [-0.2, -0.15) is 0 Å². The summed E-state index contributed by atoms with van der Waals surface area (Å²) in [5.74, 6) is 4.89. The normalized spacial score (nSPS) is 23.2. The second kappa shape index (κ2) is 61.3. The van der Waals surface area contributed by atoms with Crippen LogP contribution in [0.5, 0.6) is 0 Å². The number of rotatable bonds is 54. The van der Waals surface area contributed by atoms with Gasteiger partial charge in [0.2, 0.25) is 11.8 Å². The molecule has 7 N–H and O–H groups in total.